The number of oxazole rings is 1. The molecule has 1 amide bonds. The first kappa shape index (κ1) is 23.7. The zero-order valence-electron chi connectivity index (χ0n) is 18.7. The van der Waals surface area contributed by atoms with Crippen LogP contribution < -0.4 is 15.4 Å². The van der Waals surface area contributed by atoms with Crippen LogP contribution in [-0.4, -0.2) is 28.2 Å². The highest BCUT2D eigenvalue weighted by molar-refractivity contribution is 9.10. The molecule has 0 radical (unpaired) electrons. The monoisotopic (exact) mass is 539 g/mol. The summed E-state index contributed by atoms with van der Waals surface area (Å²) >= 11 is 8.68. The fourth-order valence-corrected chi connectivity index (χ4v) is 4.38. The largest absolute Gasteiger partial charge is 0.507 e. The van der Waals surface area contributed by atoms with E-state index in [0.29, 0.717) is 34.0 Å². The van der Waals surface area contributed by atoms with E-state index < -0.39 is 5.91 Å². The molecule has 0 spiro atoms. The van der Waals surface area contributed by atoms with E-state index in [-0.39, 0.29) is 10.9 Å². The number of fused-ring (bicyclic) bond motifs is 1. The van der Waals surface area contributed by atoms with Crippen molar-refractivity contribution >= 4 is 56.0 Å². The first-order chi connectivity index (χ1) is 16.3. The molecule has 0 saturated heterocycles. The third kappa shape index (κ3) is 4.90. The maximum atomic E-state index is 12.8. The van der Waals surface area contributed by atoms with Crippen LogP contribution in [0.5, 0.6) is 11.5 Å². The van der Waals surface area contributed by atoms with Crippen LogP contribution in [0.25, 0.3) is 22.6 Å². The standard InChI is InChI=1S/C25H22BrN3O4S/c1-4-14-5-8-21-19(10-14)28-24(33-21)17-7-6-16(12-20(17)30)27-25(34)29-23(31)18-11-15(26)9-13(2)22(18)32-3/h5-12,30H,4H2,1-3H3,(H2,27,29,31,34). The van der Waals surface area contributed by atoms with E-state index in [4.69, 9.17) is 21.4 Å². The van der Waals surface area contributed by atoms with Gasteiger partial charge in [-0.3, -0.25) is 10.1 Å². The topological polar surface area (TPSA) is 96.6 Å². The highest BCUT2D eigenvalue weighted by Gasteiger charge is 2.18. The number of methoxy groups -OCH3 is 1. The quantitative estimate of drug-likeness (QED) is 0.269. The van der Waals surface area contributed by atoms with E-state index in [0.717, 1.165) is 27.5 Å². The molecular formula is C25H22BrN3O4S. The van der Waals surface area contributed by atoms with E-state index >= 15 is 0 Å². The molecule has 34 heavy (non-hydrogen) atoms. The van der Waals surface area contributed by atoms with Gasteiger partial charge in [0.2, 0.25) is 5.89 Å². The van der Waals surface area contributed by atoms with Gasteiger partial charge in [0.15, 0.2) is 10.7 Å². The number of rotatable bonds is 5. The van der Waals surface area contributed by atoms with E-state index in [1.807, 2.05) is 31.2 Å². The fourth-order valence-electron chi connectivity index (χ4n) is 3.60. The molecule has 4 rings (SSSR count). The lowest BCUT2D eigenvalue weighted by molar-refractivity contribution is 0.0974. The Labute approximate surface area is 210 Å². The summed E-state index contributed by atoms with van der Waals surface area (Å²) in [6.07, 6.45) is 0.897. The van der Waals surface area contributed by atoms with Gasteiger partial charge in [-0.25, -0.2) is 4.98 Å². The van der Waals surface area contributed by atoms with Gasteiger partial charge in [0.25, 0.3) is 5.91 Å². The van der Waals surface area contributed by atoms with Crippen molar-refractivity contribution in [1.29, 1.82) is 0 Å². The summed E-state index contributed by atoms with van der Waals surface area (Å²) in [5.41, 5.74) is 4.64. The SMILES string of the molecule is CCc1ccc2oc(-c3ccc(NC(=S)NC(=O)c4cc(Br)cc(C)c4OC)cc3O)nc2c1. The summed E-state index contributed by atoms with van der Waals surface area (Å²) in [5.74, 6) is 0.332. The summed E-state index contributed by atoms with van der Waals surface area (Å²) in [6, 6.07) is 14.2. The van der Waals surface area contributed by atoms with Gasteiger partial charge in [-0.05, 0) is 73.1 Å². The lowest BCUT2D eigenvalue weighted by Crippen LogP contribution is -2.34. The molecule has 1 heterocycles. The van der Waals surface area contributed by atoms with Gasteiger partial charge in [-0.1, -0.05) is 28.9 Å². The Morgan fingerprint density at radius 2 is 2.00 bits per heavy atom. The number of amides is 1. The van der Waals surface area contributed by atoms with Crippen molar-refractivity contribution in [2.24, 2.45) is 0 Å². The molecule has 4 aromatic rings. The number of halogens is 1. The smallest absolute Gasteiger partial charge is 0.261 e. The van der Waals surface area contributed by atoms with Gasteiger partial charge in [0.05, 0.1) is 18.2 Å². The van der Waals surface area contributed by atoms with Gasteiger partial charge in [-0.2, -0.15) is 0 Å². The minimum absolute atomic E-state index is 0.0364. The molecule has 0 unspecified atom stereocenters. The maximum absolute atomic E-state index is 12.8. The first-order valence-corrected chi connectivity index (χ1v) is 11.7. The third-order valence-corrected chi connectivity index (χ3v) is 5.92. The van der Waals surface area contributed by atoms with Crippen LogP contribution in [0.15, 0.2) is 57.4 Å². The Bertz CT molecular complexity index is 1420. The van der Waals surface area contributed by atoms with Crippen molar-refractivity contribution in [2.75, 3.05) is 12.4 Å². The number of carbonyl (C=O) groups is 1. The van der Waals surface area contributed by atoms with Crippen molar-refractivity contribution in [2.45, 2.75) is 20.3 Å². The number of nitrogens with zero attached hydrogens (tertiary/aromatic N) is 1. The molecule has 0 aliphatic carbocycles. The normalized spacial score (nSPS) is 10.8. The molecule has 0 bridgehead atoms. The second kappa shape index (κ2) is 9.82. The van der Waals surface area contributed by atoms with Gasteiger partial charge in [0, 0.05) is 16.2 Å². The summed E-state index contributed by atoms with van der Waals surface area (Å²) in [4.78, 5) is 17.3. The Morgan fingerprint density at radius 3 is 2.71 bits per heavy atom. The molecule has 3 aromatic carbocycles. The highest BCUT2D eigenvalue weighted by Crippen LogP contribution is 2.33. The summed E-state index contributed by atoms with van der Waals surface area (Å²) < 4.78 is 11.9. The second-order valence-electron chi connectivity index (χ2n) is 7.62. The van der Waals surface area contributed by atoms with Gasteiger partial charge < -0.3 is 19.6 Å². The summed E-state index contributed by atoms with van der Waals surface area (Å²) in [6.45, 7) is 3.92. The Morgan fingerprint density at radius 1 is 1.21 bits per heavy atom. The Kier molecular flexibility index (Phi) is 6.85. The van der Waals surface area contributed by atoms with Crippen LogP contribution in [0.1, 0.15) is 28.4 Å². The average Bonchev–Trinajstić information content (AvgIpc) is 3.21. The fraction of sp³-hybridized carbons (Fsp3) is 0.160. The number of benzene rings is 3. The first-order valence-electron chi connectivity index (χ1n) is 10.5. The van der Waals surface area contributed by atoms with Crippen molar-refractivity contribution < 1.29 is 19.1 Å². The van der Waals surface area contributed by atoms with Crippen molar-refractivity contribution in [1.82, 2.24) is 10.3 Å². The molecule has 9 heteroatoms. The number of aryl methyl sites for hydroxylation is 2. The number of nitrogens with one attached hydrogen (secondary N) is 2. The second-order valence-corrected chi connectivity index (χ2v) is 8.94. The van der Waals surface area contributed by atoms with Gasteiger partial charge >= 0.3 is 0 Å². The van der Waals surface area contributed by atoms with Gasteiger partial charge in [0.1, 0.15) is 17.0 Å². The van der Waals surface area contributed by atoms with Gasteiger partial charge in [-0.15, -0.1) is 0 Å². The van der Waals surface area contributed by atoms with E-state index in [1.54, 1.807) is 18.2 Å². The maximum Gasteiger partial charge on any atom is 0.261 e. The third-order valence-electron chi connectivity index (χ3n) is 5.26. The molecule has 0 aliphatic rings. The average molecular weight is 540 g/mol. The van der Waals surface area contributed by atoms with Crippen LogP contribution in [0.4, 0.5) is 5.69 Å². The molecule has 174 valence electrons. The van der Waals surface area contributed by atoms with Crippen LogP contribution in [0.3, 0.4) is 0 Å². The molecule has 1 aromatic heterocycles. The number of anilines is 1. The van der Waals surface area contributed by atoms with Crippen LogP contribution in [0.2, 0.25) is 0 Å². The van der Waals surface area contributed by atoms with Crippen molar-refractivity contribution in [3.63, 3.8) is 0 Å². The number of phenols is 1. The van der Waals surface area contributed by atoms with E-state index in [9.17, 15) is 9.90 Å². The van der Waals surface area contributed by atoms with E-state index in [1.165, 1.54) is 13.2 Å². The molecule has 0 saturated carbocycles. The summed E-state index contributed by atoms with van der Waals surface area (Å²) in [7, 11) is 1.51. The molecule has 3 N–H and O–H groups in total. The zero-order chi connectivity index (χ0) is 24.4. The predicted octanol–water partition coefficient (Wildman–Crippen LogP) is 5.97. The van der Waals surface area contributed by atoms with Crippen LogP contribution in [0, 0.1) is 6.92 Å². The highest BCUT2D eigenvalue weighted by atomic mass is 79.9. The lowest BCUT2D eigenvalue weighted by Gasteiger charge is -2.14. The number of ether oxygens (including phenoxy) is 1. The lowest BCUT2D eigenvalue weighted by atomic mass is 10.1. The number of hydrogen-bond donors (Lipinski definition) is 3. The Balaban J connectivity index is 1.50. The predicted molar refractivity (Wildman–Crippen MR) is 140 cm³/mol. The van der Waals surface area contributed by atoms with Crippen molar-refractivity contribution in [3.05, 3.63) is 69.7 Å². The van der Waals surface area contributed by atoms with Crippen LogP contribution >= 0.6 is 28.1 Å². The Hall–Kier alpha value is -3.43. The van der Waals surface area contributed by atoms with Crippen molar-refractivity contribution in [3.8, 4) is 23.0 Å². The molecule has 0 fully saturated rings. The number of aromatic nitrogens is 1. The molecule has 7 nitrogen and oxygen atoms in total. The number of carbonyl (C=O) groups excluding carboxylic acids is 1. The number of thiocarbonyl (C=S) groups is 1. The number of hydrogen-bond acceptors (Lipinski definition) is 6. The van der Waals surface area contributed by atoms with E-state index in [2.05, 4.69) is 38.5 Å². The number of aromatic hydroxyl groups is 1. The summed E-state index contributed by atoms with van der Waals surface area (Å²) in [5, 5.41) is 16.2. The molecule has 0 aliphatic heterocycles. The minimum atomic E-state index is -0.419. The number of phenolic OH excluding ortho intramolecular Hbond substituents is 1. The molecular weight excluding hydrogens is 518 g/mol. The zero-order valence-corrected chi connectivity index (χ0v) is 21.1. The molecule has 0 atom stereocenters. The minimum Gasteiger partial charge on any atom is -0.507 e. The van der Waals surface area contributed by atoms with Crippen LogP contribution in [-0.2, 0) is 6.42 Å².